The summed E-state index contributed by atoms with van der Waals surface area (Å²) < 4.78 is 5.54. The highest BCUT2D eigenvalue weighted by Gasteiger charge is 1.98. The largest absolute Gasteiger partial charge is 0.493 e. The molecule has 1 rings (SSSR count). The minimum atomic E-state index is 0.523. The van der Waals surface area contributed by atoms with Crippen molar-refractivity contribution in [3.05, 3.63) is 30.3 Å². The average Bonchev–Trinajstić information content (AvgIpc) is 2.25. The second-order valence-corrected chi connectivity index (χ2v) is 4.62. The van der Waals surface area contributed by atoms with Crippen LogP contribution in [0.4, 0.5) is 0 Å². The maximum absolute atomic E-state index is 5.54. The zero-order chi connectivity index (χ0) is 10.2. The molecule has 0 saturated carbocycles. The van der Waals surface area contributed by atoms with E-state index in [1.165, 1.54) is 0 Å². The van der Waals surface area contributed by atoms with Gasteiger partial charge in [0.2, 0.25) is 0 Å². The predicted molar refractivity (Wildman–Crippen MR) is 62.9 cm³/mol. The zero-order valence-corrected chi connectivity index (χ0v) is 9.30. The third kappa shape index (κ3) is 4.53. The second kappa shape index (κ2) is 6.74. The Hall–Kier alpha value is -0.670. The molecule has 1 unspecified atom stereocenters. The van der Waals surface area contributed by atoms with Crippen LogP contribution in [0.2, 0.25) is 0 Å². The third-order valence-corrected chi connectivity index (χ3v) is 2.99. The number of rotatable bonds is 6. The van der Waals surface area contributed by atoms with Gasteiger partial charge in [0.15, 0.2) is 0 Å². The normalized spacial score (nSPS) is 12.4. The van der Waals surface area contributed by atoms with Gasteiger partial charge in [-0.05, 0) is 12.1 Å². The smallest absolute Gasteiger partial charge is 0.119 e. The fraction of sp³-hybridized carbons (Fsp3) is 0.455. The minimum Gasteiger partial charge on any atom is -0.493 e. The highest BCUT2D eigenvalue weighted by Crippen LogP contribution is 2.11. The number of benzene rings is 1. The van der Waals surface area contributed by atoms with Crippen LogP contribution in [0.1, 0.15) is 6.92 Å². The zero-order valence-electron chi connectivity index (χ0n) is 8.48. The van der Waals surface area contributed by atoms with Crippen LogP contribution in [-0.4, -0.2) is 24.2 Å². The summed E-state index contributed by atoms with van der Waals surface area (Å²) in [6, 6.07) is 9.88. The Balaban J connectivity index is 2.10. The highest BCUT2D eigenvalue weighted by molar-refractivity contribution is 7.99. The van der Waals surface area contributed by atoms with E-state index in [1.54, 1.807) is 0 Å². The molecule has 1 atom stereocenters. The Morgan fingerprint density at radius 1 is 1.36 bits per heavy atom. The Morgan fingerprint density at radius 3 is 2.71 bits per heavy atom. The molecule has 0 radical (unpaired) electrons. The SMILES string of the molecule is CC(CN)SCCOc1ccccc1. The molecule has 78 valence electrons. The van der Waals surface area contributed by atoms with E-state index in [9.17, 15) is 0 Å². The van der Waals surface area contributed by atoms with Gasteiger partial charge in [-0.1, -0.05) is 25.1 Å². The van der Waals surface area contributed by atoms with E-state index in [-0.39, 0.29) is 0 Å². The summed E-state index contributed by atoms with van der Waals surface area (Å²) in [4.78, 5) is 0. The summed E-state index contributed by atoms with van der Waals surface area (Å²) >= 11 is 1.85. The Bertz CT molecular complexity index is 240. The van der Waals surface area contributed by atoms with Crippen molar-refractivity contribution in [2.24, 2.45) is 5.73 Å². The fourth-order valence-electron chi connectivity index (χ4n) is 0.994. The first-order chi connectivity index (χ1) is 6.83. The van der Waals surface area contributed by atoms with Gasteiger partial charge in [0.1, 0.15) is 5.75 Å². The topological polar surface area (TPSA) is 35.2 Å². The van der Waals surface area contributed by atoms with Crippen LogP contribution in [0.5, 0.6) is 5.75 Å². The molecule has 0 fully saturated rings. The first kappa shape index (κ1) is 11.4. The Labute approximate surface area is 89.8 Å². The van der Waals surface area contributed by atoms with Gasteiger partial charge < -0.3 is 10.5 Å². The molecule has 0 spiro atoms. The molecule has 14 heavy (non-hydrogen) atoms. The number of nitrogens with two attached hydrogens (primary N) is 1. The number of hydrogen-bond acceptors (Lipinski definition) is 3. The molecule has 2 N–H and O–H groups in total. The van der Waals surface area contributed by atoms with E-state index >= 15 is 0 Å². The van der Waals surface area contributed by atoms with Crippen LogP contribution in [0.3, 0.4) is 0 Å². The van der Waals surface area contributed by atoms with Crippen LogP contribution in [0, 0.1) is 0 Å². The van der Waals surface area contributed by atoms with Crippen LogP contribution in [0.15, 0.2) is 30.3 Å². The maximum atomic E-state index is 5.54. The summed E-state index contributed by atoms with van der Waals surface area (Å²) in [7, 11) is 0. The van der Waals surface area contributed by atoms with Crippen molar-refractivity contribution in [3.63, 3.8) is 0 Å². The molecule has 0 aromatic heterocycles. The molecular formula is C11H17NOS. The summed E-state index contributed by atoms with van der Waals surface area (Å²) in [6.07, 6.45) is 0. The molecule has 0 saturated heterocycles. The van der Waals surface area contributed by atoms with Crippen molar-refractivity contribution < 1.29 is 4.74 Å². The van der Waals surface area contributed by atoms with Gasteiger partial charge in [-0.15, -0.1) is 0 Å². The van der Waals surface area contributed by atoms with Gasteiger partial charge in [0, 0.05) is 17.5 Å². The molecule has 0 amide bonds. The first-order valence-corrected chi connectivity index (χ1v) is 5.87. The molecule has 1 aromatic rings. The summed E-state index contributed by atoms with van der Waals surface area (Å²) in [5.74, 6) is 1.93. The van der Waals surface area contributed by atoms with Gasteiger partial charge >= 0.3 is 0 Å². The third-order valence-electron chi connectivity index (χ3n) is 1.83. The molecule has 0 aliphatic carbocycles. The van der Waals surface area contributed by atoms with Gasteiger partial charge in [0.05, 0.1) is 6.61 Å². The monoisotopic (exact) mass is 211 g/mol. The summed E-state index contributed by atoms with van der Waals surface area (Å²) in [5.41, 5.74) is 5.50. The van der Waals surface area contributed by atoms with Crippen molar-refractivity contribution in [2.45, 2.75) is 12.2 Å². The second-order valence-electron chi connectivity index (χ2n) is 3.08. The van der Waals surface area contributed by atoms with E-state index in [0.29, 0.717) is 5.25 Å². The van der Waals surface area contributed by atoms with Gasteiger partial charge in [-0.25, -0.2) is 0 Å². The molecule has 2 nitrogen and oxygen atoms in total. The molecule has 1 aromatic carbocycles. The number of ether oxygens (including phenoxy) is 1. The van der Waals surface area contributed by atoms with Crippen molar-refractivity contribution in [1.29, 1.82) is 0 Å². The molecule has 3 heteroatoms. The van der Waals surface area contributed by atoms with Crippen LogP contribution in [-0.2, 0) is 0 Å². The van der Waals surface area contributed by atoms with Crippen LogP contribution >= 0.6 is 11.8 Å². The standard InChI is InChI=1S/C11H17NOS/c1-10(9-12)14-8-7-13-11-5-3-2-4-6-11/h2-6,10H,7-9,12H2,1H3. The first-order valence-electron chi connectivity index (χ1n) is 4.82. The number of para-hydroxylation sites is 1. The average molecular weight is 211 g/mol. The molecule has 0 heterocycles. The quantitative estimate of drug-likeness (QED) is 0.732. The van der Waals surface area contributed by atoms with Crippen molar-refractivity contribution in [1.82, 2.24) is 0 Å². The lowest BCUT2D eigenvalue weighted by molar-refractivity contribution is 0.344. The lowest BCUT2D eigenvalue weighted by Crippen LogP contribution is -2.14. The number of hydrogen-bond donors (Lipinski definition) is 1. The predicted octanol–water partition coefficient (Wildman–Crippen LogP) is 2.15. The summed E-state index contributed by atoms with van der Waals surface area (Å²) in [6.45, 7) is 3.61. The lowest BCUT2D eigenvalue weighted by atomic mass is 10.3. The van der Waals surface area contributed by atoms with Crippen LogP contribution in [0.25, 0.3) is 0 Å². The highest BCUT2D eigenvalue weighted by atomic mass is 32.2. The number of thioether (sulfide) groups is 1. The van der Waals surface area contributed by atoms with E-state index in [4.69, 9.17) is 10.5 Å². The Morgan fingerprint density at radius 2 is 2.07 bits per heavy atom. The van der Waals surface area contributed by atoms with Crippen molar-refractivity contribution >= 4 is 11.8 Å². The van der Waals surface area contributed by atoms with Crippen molar-refractivity contribution in [2.75, 3.05) is 18.9 Å². The van der Waals surface area contributed by atoms with Gasteiger partial charge in [0.25, 0.3) is 0 Å². The van der Waals surface area contributed by atoms with E-state index < -0.39 is 0 Å². The fourth-order valence-corrected chi connectivity index (χ4v) is 1.71. The van der Waals surface area contributed by atoms with Crippen LogP contribution < -0.4 is 10.5 Å². The van der Waals surface area contributed by atoms with Gasteiger partial charge in [-0.2, -0.15) is 11.8 Å². The minimum absolute atomic E-state index is 0.523. The van der Waals surface area contributed by atoms with Gasteiger partial charge in [-0.3, -0.25) is 0 Å². The molecule has 0 aliphatic heterocycles. The molecular weight excluding hydrogens is 194 g/mol. The van der Waals surface area contributed by atoms with Crippen molar-refractivity contribution in [3.8, 4) is 5.75 Å². The van der Waals surface area contributed by atoms with E-state index in [2.05, 4.69) is 6.92 Å². The lowest BCUT2D eigenvalue weighted by Gasteiger charge is -2.09. The Kier molecular flexibility index (Phi) is 5.49. The van der Waals surface area contributed by atoms with E-state index in [1.807, 2.05) is 42.1 Å². The summed E-state index contributed by atoms with van der Waals surface area (Å²) in [5, 5.41) is 0.523. The maximum Gasteiger partial charge on any atom is 0.119 e. The van der Waals surface area contributed by atoms with E-state index in [0.717, 1.165) is 24.7 Å². The molecule has 0 bridgehead atoms. The molecule has 0 aliphatic rings.